The maximum Gasteiger partial charge on any atom is 0.515 e. The van der Waals surface area contributed by atoms with E-state index in [1.54, 1.807) is 128 Å². The molecule has 6 aromatic rings. The van der Waals surface area contributed by atoms with Gasteiger partial charge in [-0.1, -0.05) is 84.9 Å². The summed E-state index contributed by atoms with van der Waals surface area (Å²) in [7, 11) is -58.3. The van der Waals surface area contributed by atoms with Crippen LogP contribution in [0.4, 0.5) is 11.4 Å². The summed E-state index contributed by atoms with van der Waals surface area (Å²) < 4.78 is 166. The standard InChI is InChI=1S/C21H32O14Si8.C14H27ClO12Si8.C7H6O2.2C6H7N.ClH/c1-36-24-37(2)27-40(5)29-38(3,25-36)31-42(7)32-39(4,26-36)30-41(6,28-37)34-43(33-40,35-42)21-14-10-19(11-15-21)17-23-20-12-8-18(16-22)9-13-20;1-28-16-29(2)19-32(5)21-30(3,17-28)23-34(7)24-31(4,18-28)22-33(6,20-29)26-35(25-32,27-34)14-10-8-13(12-15)9-11-14;8-5-6-1-3-7(9)4-2-6;2*7-6-4-2-1-3-5-6;/h8-16H,17H2,1-7H3;8-11H,12H2,1-7H3;1-5,9H;2*1-5H,7H2;1H. The minimum Gasteiger partial charge on any atom is -0.508 e. The van der Waals surface area contributed by atoms with E-state index in [1.807, 2.05) is 109 Å². The van der Waals surface area contributed by atoms with Crippen LogP contribution in [0, 0.1) is 0 Å². The molecule has 12 aliphatic heterocycles. The molecule has 0 amide bonds. The summed E-state index contributed by atoms with van der Waals surface area (Å²) in [6.07, 6.45) is 1.52. The van der Waals surface area contributed by atoms with Crippen LogP contribution in [0.25, 0.3) is 0 Å². The van der Waals surface area contributed by atoms with Crippen molar-refractivity contribution in [3.8, 4) is 11.5 Å². The van der Waals surface area contributed by atoms with Crippen molar-refractivity contribution < 1.29 is 118 Å². The Morgan fingerprint density at radius 1 is 0.324 bits per heavy atom. The van der Waals surface area contributed by atoms with Crippen molar-refractivity contribution in [2.75, 3.05) is 11.5 Å². The van der Waals surface area contributed by atoms with Crippen LogP contribution in [0.15, 0.2) is 158 Å². The lowest BCUT2D eigenvalue weighted by molar-refractivity contribution is -0.0213. The van der Waals surface area contributed by atoms with E-state index in [0.29, 0.717) is 39.7 Å². The number of aromatic hydroxyl groups is 1. The number of nitrogens with two attached hydrogens (primary N) is 2. The molecule has 0 saturated carbocycles. The number of ether oxygens (including phenoxy) is 1. The zero-order valence-corrected chi connectivity index (χ0v) is 75.6. The van der Waals surface area contributed by atoms with Gasteiger partial charge >= 0.3 is 141 Å². The normalized spacial score (nSPS) is 40.6. The van der Waals surface area contributed by atoms with E-state index in [4.69, 9.17) is 132 Å². The number of anilines is 2. The third-order valence-electron chi connectivity index (χ3n) is 15.4. The molecule has 16 bridgehead atoms. The van der Waals surface area contributed by atoms with Crippen molar-refractivity contribution in [2.45, 2.75) is 104 Å². The molecule has 12 fully saturated rings. The van der Waals surface area contributed by atoms with E-state index in [1.165, 1.54) is 12.1 Å². The number of alkyl halides is 1. The summed E-state index contributed by atoms with van der Waals surface area (Å²) in [5.41, 5.74) is 15.3. The summed E-state index contributed by atoms with van der Waals surface area (Å²) in [5.74, 6) is 1.18. The monoisotopic (exact) mass is 1720 g/mol. The lowest BCUT2D eigenvalue weighted by Crippen LogP contribution is -2.87. The molecule has 48 heteroatoms. The third kappa shape index (κ3) is 18.4. The second-order valence-electron chi connectivity index (χ2n) is 25.7. The number of halogens is 2. The number of rotatable bonds is 8. The van der Waals surface area contributed by atoms with Crippen LogP contribution in [-0.4, -0.2) is 159 Å². The molecular formula is C54H80Cl2N2O28Si16. The molecular weight excluding hydrogens is 1640 g/mol. The number of carbonyl (C=O) groups is 2. The first-order valence-corrected chi connectivity index (χ1v) is 66.9. The van der Waals surface area contributed by atoms with Gasteiger partial charge in [0, 0.05) is 130 Å². The zero-order chi connectivity index (χ0) is 72.7. The van der Waals surface area contributed by atoms with E-state index in [-0.39, 0.29) is 18.2 Å². The second kappa shape index (κ2) is 29.1. The van der Waals surface area contributed by atoms with Crippen LogP contribution in [-0.2, 0) is 111 Å². The Balaban J connectivity index is 0.000000156. The Morgan fingerprint density at radius 2 is 0.549 bits per heavy atom. The van der Waals surface area contributed by atoms with Crippen LogP contribution in [0.2, 0.25) is 91.7 Å². The molecule has 0 unspecified atom stereocenters. The number of carbonyl (C=O) groups excluding carboxylic acids is 2. The van der Waals surface area contributed by atoms with Gasteiger partial charge in [-0.25, -0.2) is 0 Å². The van der Waals surface area contributed by atoms with E-state index in [2.05, 4.69) is 0 Å². The van der Waals surface area contributed by atoms with Gasteiger partial charge in [0.1, 0.15) is 30.7 Å². The molecule has 18 rings (SSSR count). The van der Waals surface area contributed by atoms with Gasteiger partial charge < -0.3 is 120 Å². The molecule has 5 N–H and O–H groups in total. The van der Waals surface area contributed by atoms with E-state index >= 15 is 0 Å². The fourth-order valence-electron chi connectivity index (χ4n) is 12.8. The van der Waals surface area contributed by atoms with Crippen LogP contribution in [0.5, 0.6) is 11.5 Å². The van der Waals surface area contributed by atoms with Crippen LogP contribution < -0.4 is 26.6 Å². The fraction of sp³-hybridized carbons (Fsp3) is 0.296. The van der Waals surface area contributed by atoms with Crippen molar-refractivity contribution in [3.63, 3.8) is 0 Å². The highest BCUT2D eigenvalue weighted by molar-refractivity contribution is 7.06. The quantitative estimate of drug-likeness (QED) is 0.0556. The molecule has 30 nitrogen and oxygen atoms in total. The number of para-hydroxylation sites is 2. The Bertz CT molecular complexity index is 3730. The highest BCUT2D eigenvalue weighted by Gasteiger charge is 2.82. The predicted molar refractivity (Wildman–Crippen MR) is 401 cm³/mol. The summed E-state index contributed by atoms with van der Waals surface area (Å²) in [6, 6.07) is 47.0. The lowest BCUT2D eigenvalue weighted by Gasteiger charge is -2.60. The van der Waals surface area contributed by atoms with Crippen molar-refractivity contribution >= 4 is 199 Å². The van der Waals surface area contributed by atoms with Crippen LogP contribution >= 0.6 is 24.0 Å². The van der Waals surface area contributed by atoms with Gasteiger partial charge in [0.05, 0.1) is 0 Å². The number of phenolic OH excluding ortho intramolecular Hbond substituents is 1. The summed E-state index contributed by atoms with van der Waals surface area (Å²) in [6.45, 7) is 24.7. The van der Waals surface area contributed by atoms with Crippen LogP contribution in [0.3, 0.4) is 0 Å². The Hall–Kier alpha value is -3.05. The van der Waals surface area contributed by atoms with Crippen molar-refractivity contribution in [1.29, 1.82) is 0 Å². The van der Waals surface area contributed by atoms with Gasteiger partial charge in [0.2, 0.25) is 0 Å². The maximum atomic E-state index is 10.9. The number of aldehydes is 2. The summed E-state index contributed by atoms with van der Waals surface area (Å²) >= 11 is 6.03. The van der Waals surface area contributed by atoms with Gasteiger partial charge in [-0.3, -0.25) is 9.59 Å². The fourth-order valence-corrected chi connectivity index (χ4v) is 103. The number of nitrogen functional groups attached to an aromatic ring is 2. The predicted octanol–water partition coefficient (Wildman–Crippen LogP) is 8.46. The summed E-state index contributed by atoms with van der Waals surface area (Å²) in [4.78, 5) is 21.0. The molecule has 0 aromatic heterocycles. The van der Waals surface area contributed by atoms with Crippen molar-refractivity contribution in [2.24, 2.45) is 0 Å². The zero-order valence-electron chi connectivity index (χ0n) is 58.0. The number of hydrogen-bond acceptors (Lipinski definition) is 30. The molecule has 12 saturated heterocycles. The van der Waals surface area contributed by atoms with Crippen molar-refractivity contribution in [1.82, 2.24) is 0 Å². The SMILES string of the molecule is C[Si]12O[Si]3(C)O[Si]4(C)O[Si](C)(O1)O[Si]1(C)O[Si](C)(O2)O[Si](C)(O3)O[Si](c2ccc(CCl)cc2)(O4)O1.C[Si]12O[Si]3(C)O[Si]4(C)O[Si](C)(O1)O[Si]1(C)O[Si](C)(O2)O[Si](C)(O3)O[Si](c2ccc(COc3ccc(C=O)cc3)cc2)(O4)O1.Cl.Nc1ccccc1.Nc1ccccc1.O=Cc1ccc(O)cc1. The van der Waals surface area contributed by atoms with Gasteiger partial charge in [-0.05, 0) is 83.9 Å². The Morgan fingerprint density at radius 3 is 0.765 bits per heavy atom. The molecule has 0 spiro atoms. The van der Waals surface area contributed by atoms with E-state index < -0.39 is 141 Å². The average Bonchev–Trinajstić information content (AvgIpc) is 0.702. The van der Waals surface area contributed by atoms with Gasteiger partial charge in [-0.2, -0.15) is 0 Å². The highest BCUT2D eigenvalue weighted by atomic mass is 35.5. The molecule has 552 valence electrons. The molecule has 12 aliphatic rings. The maximum absolute atomic E-state index is 10.9. The number of benzene rings is 6. The topological polar surface area (TPSA) is 337 Å². The minimum atomic E-state index is -4.01. The molecule has 0 radical (unpaired) electrons. The van der Waals surface area contributed by atoms with Crippen molar-refractivity contribution in [3.05, 3.63) is 180 Å². The largest absolute Gasteiger partial charge is 0.515 e. The van der Waals surface area contributed by atoms with Gasteiger partial charge in [-0.15, -0.1) is 24.0 Å². The van der Waals surface area contributed by atoms with Crippen LogP contribution in [0.1, 0.15) is 31.8 Å². The molecule has 12 heterocycles. The van der Waals surface area contributed by atoms with Gasteiger partial charge in [0.15, 0.2) is 0 Å². The third-order valence-corrected chi connectivity index (χ3v) is 86.5. The minimum absolute atomic E-state index is 0. The second-order valence-corrected chi connectivity index (χ2v) is 73.1. The van der Waals surface area contributed by atoms with E-state index in [9.17, 15) is 9.59 Å². The van der Waals surface area contributed by atoms with E-state index in [0.717, 1.165) is 35.1 Å². The first kappa shape index (κ1) is 80.0. The molecule has 102 heavy (non-hydrogen) atoms. The molecule has 0 aliphatic carbocycles. The first-order chi connectivity index (χ1) is 47.1. The lowest BCUT2D eigenvalue weighted by atomic mass is 10.2. The number of hydrogen-bond donors (Lipinski definition) is 3. The Kier molecular flexibility index (Phi) is 22.8. The first-order valence-electron chi connectivity index (χ1n) is 31.7. The highest BCUT2D eigenvalue weighted by Crippen LogP contribution is 2.51. The smallest absolute Gasteiger partial charge is 0.508 e. The molecule has 0 atom stereocenters. The summed E-state index contributed by atoms with van der Waals surface area (Å²) in [5, 5.41) is 10.0. The number of phenols is 1. The molecule has 6 aromatic carbocycles. The van der Waals surface area contributed by atoms with Gasteiger partial charge in [0.25, 0.3) is 0 Å². The average molecular weight is 1730 g/mol. The Labute approximate surface area is 619 Å².